The quantitative estimate of drug-likeness (QED) is 0.936. The number of amides is 1. The molecular weight excluding hydrogens is 302 g/mol. The number of hydrogen-bond acceptors (Lipinski definition) is 3. The van der Waals surface area contributed by atoms with Crippen molar-refractivity contribution < 1.29 is 9.53 Å². The van der Waals surface area contributed by atoms with Gasteiger partial charge in [-0.2, -0.15) is 5.10 Å². The first-order valence-electron chi connectivity index (χ1n) is 8.63. The van der Waals surface area contributed by atoms with Crippen molar-refractivity contribution in [3.63, 3.8) is 0 Å². The van der Waals surface area contributed by atoms with Crippen LogP contribution in [-0.4, -0.2) is 40.7 Å². The summed E-state index contributed by atoms with van der Waals surface area (Å²) in [6.07, 6.45) is 2.08. The fourth-order valence-corrected chi connectivity index (χ4v) is 3.28. The number of piperidine rings is 1. The molecule has 1 aromatic carbocycles. The predicted octanol–water partition coefficient (Wildman–Crippen LogP) is 3.45. The largest absolute Gasteiger partial charge is 0.494 e. The Labute approximate surface area is 143 Å². The monoisotopic (exact) mass is 327 g/mol. The van der Waals surface area contributed by atoms with E-state index in [0.717, 1.165) is 48.6 Å². The van der Waals surface area contributed by atoms with Gasteiger partial charge in [-0.15, -0.1) is 0 Å². The Morgan fingerprint density at radius 2 is 2.21 bits per heavy atom. The SMILES string of the molecule is CCOc1cc(C(=O)N2CCC[C@@H](c3cc(C)[nH]n3)C2)ccc1C. The van der Waals surface area contributed by atoms with Crippen LogP contribution >= 0.6 is 0 Å². The molecule has 0 bridgehead atoms. The van der Waals surface area contributed by atoms with Gasteiger partial charge >= 0.3 is 0 Å². The van der Waals surface area contributed by atoms with E-state index in [2.05, 4.69) is 16.3 Å². The van der Waals surface area contributed by atoms with Crippen LogP contribution in [0, 0.1) is 13.8 Å². The number of nitrogens with zero attached hydrogens (tertiary/aromatic N) is 2. The molecular formula is C19H25N3O2. The van der Waals surface area contributed by atoms with E-state index in [1.807, 2.05) is 43.9 Å². The minimum absolute atomic E-state index is 0.0768. The van der Waals surface area contributed by atoms with Crippen molar-refractivity contribution in [2.75, 3.05) is 19.7 Å². The molecule has 0 spiro atoms. The van der Waals surface area contributed by atoms with Crippen LogP contribution in [0.3, 0.4) is 0 Å². The number of H-pyrrole nitrogens is 1. The van der Waals surface area contributed by atoms with Crippen molar-refractivity contribution in [2.24, 2.45) is 0 Å². The summed E-state index contributed by atoms with van der Waals surface area (Å²) < 4.78 is 5.62. The van der Waals surface area contributed by atoms with Gasteiger partial charge in [0, 0.05) is 30.3 Å². The van der Waals surface area contributed by atoms with Gasteiger partial charge in [0.05, 0.1) is 12.3 Å². The standard InChI is InChI=1S/C19H25N3O2/c1-4-24-18-11-15(8-7-13(18)2)19(23)22-9-5-6-16(12-22)17-10-14(3)20-21-17/h7-8,10-11,16H,4-6,9,12H2,1-3H3,(H,20,21)/t16-/m1/s1. The maximum absolute atomic E-state index is 12.9. The number of aromatic amines is 1. The van der Waals surface area contributed by atoms with Gasteiger partial charge in [0.15, 0.2) is 0 Å². The third-order valence-electron chi connectivity index (χ3n) is 4.59. The molecule has 1 aliphatic rings. The van der Waals surface area contributed by atoms with Gasteiger partial charge in [-0.1, -0.05) is 6.07 Å². The fourth-order valence-electron chi connectivity index (χ4n) is 3.28. The number of carbonyl (C=O) groups excluding carboxylic acids is 1. The first-order chi connectivity index (χ1) is 11.6. The van der Waals surface area contributed by atoms with Crippen molar-refractivity contribution in [3.8, 4) is 5.75 Å². The second kappa shape index (κ2) is 7.07. The number of rotatable bonds is 4. The maximum Gasteiger partial charge on any atom is 0.254 e. The molecule has 1 N–H and O–H groups in total. The number of hydrogen-bond donors (Lipinski definition) is 1. The van der Waals surface area contributed by atoms with Gasteiger partial charge in [-0.05, 0) is 57.4 Å². The Morgan fingerprint density at radius 1 is 1.38 bits per heavy atom. The van der Waals surface area contributed by atoms with Crippen LogP contribution in [0.5, 0.6) is 5.75 Å². The molecule has 2 aromatic rings. The molecule has 1 aliphatic heterocycles. The van der Waals surface area contributed by atoms with Gasteiger partial charge in [-0.25, -0.2) is 0 Å². The highest BCUT2D eigenvalue weighted by Crippen LogP contribution is 2.28. The van der Waals surface area contributed by atoms with Crippen molar-refractivity contribution in [2.45, 2.75) is 39.5 Å². The second-order valence-corrected chi connectivity index (χ2v) is 6.48. The lowest BCUT2D eigenvalue weighted by Crippen LogP contribution is -2.39. The zero-order chi connectivity index (χ0) is 17.1. The normalized spacial score (nSPS) is 17.8. The van der Waals surface area contributed by atoms with E-state index in [9.17, 15) is 4.79 Å². The summed E-state index contributed by atoms with van der Waals surface area (Å²) in [6.45, 7) is 8.08. The molecule has 1 saturated heterocycles. The van der Waals surface area contributed by atoms with E-state index in [1.54, 1.807) is 0 Å². The third kappa shape index (κ3) is 3.45. The van der Waals surface area contributed by atoms with Gasteiger partial charge < -0.3 is 9.64 Å². The van der Waals surface area contributed by atoms with Gasteiger partial charge in [0.2, 0.25) is 0 Å². The molecule has 5 nitrogen and oxygen atoms in total. The minimum atomic E-state index is 0.0768. The molecule has 0 unspecified atom stereocenters. The average molecular weight is 327 g/mol. The summed E-state index contributed by atoms with van der Waals surface area (Å²) in [5, 5.41) is 7.37. The Kier molecular flexibility index (Phi) is 4.88. The highest BCUT2D eigenvalue weighted by molar-refractivity contribution is 5.94. The molecule has 1 amide bonds. The second-order valence-electron chi connectivity index (χ2n) is 6.48. The molecule has 5 heteroatoms. The van der Waals surface area contributed by atoms with E-state index in [1.165, 1.54) is 0 Å². The predicted molar refractivity (Wildman–Crippen MR) is 93.6 cm³/mol. The lowest BCUT2D eigenvalue weighted by Gasteiger charge is -2.32. The minimum Gasteiger partial charge on any atom is -0.494 e. The number of aromatic nitrogens is 2. The summed E-state index contributed by atoms with van der Waals surface area (Å²) in [5.74, 6) is 1.18. The van der Waals surface area contributed by atoms with Crippen LogP contribution in [0.15, 0.2) is 24.3 Å². The van der Waals surface area contributed by atoms with Crippen LogP contribution in [0.4, 0.5) is 0 Å². The van der Waals surface area contributed by atoms with Crippen LogP contribution < -0.4 is 4.74 Å². The molecule has 1 aromatic heterocycles. The molecule has 1 atom stereocenters. The Hall–Kier alpha value is -2.30. The van der Waals surface area contributed by atoms with E-state index >= 15 is 0 Å². The Balaban J connectivity index is 1.76. The first kappa shape index (κ1) is 16.6. The summed E-state index contributed by atoms with van der Waals surface area (Å²) in [4.78, 5) is 14.8. The Morgan fingerprint density at radius 3 is 2.92 bits per heavy atom. The van der Waals surface area contributed by atoms with Crippen molar-refractivity contribution >= 4 is 5.91 Å². The smallest absolute Gasteiger partial charge is 0.254 e. The third-order valence-corrected chi connectivity index (χ3v) is 4.59. The van der Waals surface area contributed by atoms with Crippen LogP contribution in [0.25, 0.3) is 0 Å². The first-order valence-corrected chi connectivity index (χ1v) is 8.63. The average Bonchev–Trinajstić information content (AvgIpc) is 3.03. The number of ether oxygens (including phenoxy) is 1. The molecule has 3 rings (SSSR count). The molecule has 0 radical (unpaired) electrons. The molecule has 2 heterocycles. The molecule has 0 aliphatic carbocycles. The molecule has 128 valence electrons. The number of likely N-dealkylation sites (tertiary alicyclic amines) is 1. The van der Waals surface area contributed by atoms with Gasteiger partial charge in [0.25, 0.3) is 5.91 Å². The number of carbonyl (C=O) groups is 1. The van der Waals surface area contributed by atoms with E-state index in [4.69, 9.17) is 4.74 Å². The summed E-state index contributed by atoms with van der Waals surface area (Å²) in [5.41, 5.74) is 3.87. The Bertz CT molecular complexity index is 723. The number of benzene rings is 1. The number of nitrogens with one attached hydrogen (secondary N) is 1. The van der Waals surface area contributed by atoms with Crippen LogP contribution in [0.2, 0.25) is 0 Å². The summed E-state index contributed by atoms with van der Waals surface area (Å²) >= 11 is 0. The molecule has 24 heavy (non-hydrogen) atoms. The van der Waals surface area contributed by atoms with E-state index in [-0.39, 0.29) is 5.91 Å². The summed E-state index contributed by atoms with van der Waals surface area (Å²) in [6, 6.07) is 7.79. The van der Waals surface area contributed by atoms with Crippen molar-refractivity contribution in [1.29, 1.82) is 0 Å². The van der Waals surface area contributed by atoms with E-state index in [0.29, 0.717) is 18.1 Å². The van der Waals surface area contributed by atoms with Gasteiger partial charge in [0.1, 0.15) is 5.75 Å². The lowest BCUT2D eigenvalue weighted by atomic mass is 9.94. The van der Waals surface area contributed by atoms with E-state index < -0.39 is 0 Å². The van der Waals surface area contributed by atoms with Crippen LogP contribution in [-0.2, 0) is 0 Å². The molecule has 1 fully saturated rings. The zero-order valence-corrected chi connectivity index (χ0v) is 14.6. The zero-order valence-electron chi connectivity index (χ0n) is 14.6. The fraction of sp³-hybridized carbons (Fsp3) is 0.474. The van der Waals surface area contributed by atoms with Gasteiger partial charge in [-0.3, -0.25) is 9.89 Å². The van der Waals surface area contributed by atoms with Crippen molar-refractivity contribution in [1.82, 2.24) is 15.1 Å². The molecule has 0 saturated carbocycles. The van der Waals surface area contributed by atoms with Crippen molar-refractivity contribution in [3.05, 3.63) is 46.8 Å². The number of aryl methyl sites for hydroxylation is 2. The summed E-state index contributed by atoms with van der Waals surface area (Å²) in [7, 11) is 0. The lowest BCUT2D eigenvalue weighted by molar-refractivity contribution is 0.0705. The topological polar surface area (TPSA) is 58.2 Å². The highest BCUT2D eigenvalue weighted by atomic mass is 16.5. The van der Waals surface area contributed by atoms with Crippen LogP contribution in [0.1, 0.15) is 53.0 Å². The highest BCUT2D eigenvalue weighted by Gasteiger charge is 2.27. The maximum atomic E-state index is 12.9.